The summed E-state index contributed by atoms with van der Waals surface area (Å²) in [7, 11) is 0. The van der Waals surface area contributed by atoms with Crippen LogP contribution in [-0.2, 0) is 9.59 Å². The van der Waals surface area contributed by atoms with Crippen LogP contribution in [-0.4, -0.2) is 23.8 Å². The summed E-state index contributed by atoms with van der Waals surface area (Å²) in [6.07, 6.45) is 1.32. The van der Waals surface area contributed by atoms with E-state index in [0.717, 1.165) is 22.3 Å². The number of aryl methyl sites for hydroxylation is 4. The Morgan fingerprint density at radius 1 is 0.935 bits per heavy atom. The van der Waals surface area contributed by atoms with Gasteiger partial charge in [0.1, 0.15) is 6.04 Å². The van der Waals surface area contributed by atoms with E-state index in [2.05, 4.69) is 0 Å². The molecule has 0 radical (unpaired) electrons. The van der Waals surface area contributed by atoms with Crippen molar-refractivity contribution in [1.29, 1.82) is 0 Å². The fourth-order valence-corrected chi connectivity index (χ4v) is 4.22. The van der Waals surface area contributed by atoms with Gasteiger partial charge in [-0.05, 0) is 86.3 Å². The molecule has 31 heavy (non-hydrogen) atoms. The molecule has 1 aromatic heterocycles. The normalized spacial score (nSPS) is 16.1. The van der Waals surface area contributed by atoms with E-state index in [-0.39, 0.29) is 18.1 Å². The van der Waals surface area contributed by atoms with Gasteiger partial charge in [0.2, 0.25) is 5.91 Å². The first-order valence-corrected chi connectivity index (χ1v) is 10.1. The molecule has 0 N–H and O–H groups in total. The van der Waals surface area contributed by atoms with Gasteiger partial charge >= 0.3 is 0 Å². The molecular weight excluding hydrogens is 392 g/mol. The molecule has 0 bridgehead atoms. The Bertz CT molecular complexity index is 1140. The van der Waals surface area contributed by atoms with Crippen LogP contribution in [0.2, 0.25) is 0 Å². The topological polar surface area (TPSA) is 70.8 Å². The second-order valence-electron chi connectivity index (χ2n) is 8.13. The standard InChI is InChI=1S/C25H24N2O4/c1-15-8-16(2)11-19(10-15)26(25(30)22-6-5-7-31-22)21-14-23(28)27(24(21)29)20-12-17(3)9-18(4)13-20/h5-13,21H,14H2,1-4H3/t21-/m0/s1. The number of carbonyl (C=O) groups excluding carboxylic acids is 3. The zero-order chi connectivity index (χ0) is 22.3. The lowest BCUT2D eigenvalue weighted by atomic mass is 10.1. The fourth-order valence-electron chi connectivity index (χ4n) is 4.22. The molecular formula is C25H24N2O4. The third-order valence-electron chi connectivity index (χ3n) is 5.33. The van der Waals surface area contributed by atoms with E-state index in [4.69, 9.17) is 4.42 Å². The highest BCUT2D eigenvalue weighted by Gasteiger charge is 2.45. The zero-order valence-corrected chi connectivity index (χ0v) is 18.0. The Kier molecular flexibility index (Phi) is 5.23. The predicted molar refractivity (Wildman–Crippen MR) is 118 cm³/mol. The van der Waals surface area contributed by atoms with E-state index >= 15 is 0 Å². The van der Waals surface area contributed by atoms with Crippen molar-refractivity contribution >= 4 is 29.1 Å². The number of hydrogen-bond acceptors (Lipinski definition) is 4. The van der Waals surface area contributed by atoms with Crippen molar-refractivity contribution in [3.63, 3.8) is 0 Å². The Morgan fingerprint density at radius 2 is 1.52 bits per heavy atom. The van der Waals surface area contributed by atoms with Crippen molar-refractivity contribution in [2.75, 3.05) is 9.80 Å². The second kappa shape index (κ2) is 7.87. The number of anilines is 2. The molecule has 6 nitrogen and oxygen atoms in total. The van der Waals surface area contributed by atoms with Gasteiger partial charge in [0, 0.05) is 5.69 Å². The quantitative estimate of drug-likeness (QED) is 0.588. The molecule has 1 aliphatic heterocycles. The molecule has 6 heteroatoms. The summed E-state index contributed by atoms with van der Waals surface area (Å²) in [4.78, 5) is 42.4. The average molecular weight is 416 g/mol. The number of imide groups is 1. The summed E-state index contributed by atoms with van der Waals surface area (Å²) in [5.74, 6) is -1.09. The molecule has 158 valence electrons. The van der Waals surface area contributed by atoms with Crippen LogP contribution in [0, 0.1) is 27.7 Å². The van der Waals surface area contributed by atoms with E-state index in [1.54, 1.807) is 24.3 Å². The van der Waals surface area contributed by atoms with Gasteiger partial charge in [-0.2, -0.15) is 0 Å². The molecule has 1 fully saturated rings. The molecule has 1 aliphatic rings. The summed E-state index contributed by atoms with van der Waals surface area (Å²) >= 11 is 0. The van der Waals surface area contributed by atoms with E-state index in [1.807, 2.05) is 52.0 Å². The Balaban J connectivity index is 1.79. The van der Waals surface area contributed by atoms with Gasteiger partial charge in [-0.25, -0.2) is 4.90 Å². The second-order valence-corrected chi connectivity index (χ2v) is 8.13. The Hall–Kier alpha value is -3.67. The van der Waals surface area contributed by atoms with Crippen LogP contribution >= 0.6 is 0 Å². The first-order chi connectivity index (χ1) is 14.7. The Labute approximate surface area is 181 Å². The lowest BCUT2D eigenvalue weighted by Crippen LogP contribution is -2.45. The van der Waals surface area contributed by atoms with Crippen LogP contribution < -0.4 is 9.80 Å². The number of carbonyl (C=O) groups is 3. The van der Waals surface area contributed by atoms with Crippen LogP contribution in [0.25, 0.3) is 0 Å². The highest BCUT2D eigenvalue weighted by atomic mass is 16.3. The molecule has 3 aromatic rings. The first kappa shape index (κ1) is 20.6. The summed E-state index contributed by atoms with van der Waals surface area (Å²) in [6.45, 7) is 7.69. The van der Waals surface area contributed by atoms with Crippen LogP contribution in [0.3, 0.4) is 0 Å². The maximum atomic E-state index is 13.5. The summed E-state index contributed by atoms with van der Waals surface area (Å²) in [6, 6.07) is 13.5. The molecule has 0 aliphatic carbocycles. The average Bonchev–Trinajstić information content (AvgIpc) is 3.29. The van der Waals surface area contributed by atoms with Crippen LogP contribution in [0.4, 0.5) is 11.4 Å². The molecule has 1 saturated heterocycles. The summed E-state index contributed by atoms with van der Waals surface area (Å²) in [5, 5.41) is 0. The van der Waals surface area contributed by atoms with Crippen molar-refractivity contribution in [3.05, 3.63) is 82.8 Å². The minimum Gasteiger partial charge on any atom is -0.459 e. The van der Waals surface area contributed by atoms with Gasteiger partial charge in [-0.3, -0.25) is 19.3 Å². The minimum absolute atomic E-state index is 0.0920. The van der Waals surface area contributed by atoms with Gasteiger partial charge in [0.15, 0.2) is 5.76 Å². The lowest BCUT2D eigenvalue weighted by Gasteiger charge is -2.27. The number of nitrogens with zero attached hydrogens (tertiary/aromatic N) is 2. The molecule has 0 unspecified atom stereocenters. The van der Waals surface area contributed by atoms with E-state index in [0.29, 0.717) is 11.4 Å². The third kappa shape index (κ3) is 3.89. The fraction of sp³-hybridized carbons (Fsp3) is 0.240. The van der Waals surface area contributed by atoms with E-state index < -0.39 is 17.9 Å². The highest BCUT2D eigenvalue weighted by Crippen LogP contribution is 2.32. The van der Waals surface area contributed by atoms with Crippen molar-refractivity contribution in [2.24, 2.45) is 0 Å². The first-order valence-electron chi connectivity index (χ1n) is 10.1. The number of rotatable bonds is 4. The van der Waals surface area contributed by atoms with Gasteiger partial charge in [0.05, 0.1) is 18.4 Å². The number of benzene rings is 2. The van der Waals surface area contributed by atoms with Gasteiger partial charge in [-0.1, -0.05) is 12.1 Å². The van der Waals surface area contributed by atoms with Gasteiger partial charge < -0.3 is 4.42 Å². The molecule has 0 spiro atoms. The van der Waals surface area contributed by atoms with Crippen LogP contribution in [0.1, 0.15) is 39.2 Å². The number of furan rings is 1. The van der Waals surface area contributed by atoms with Gasteiger partial charge in [-0.15, -0.1) is 0 Å². The van der Waals surface area contributed by atoms with Crippen molar-refractivity contribution in [1.82, 2.24) is 0 Å². The van der Waals surface area contributed by atoms with Crippen molar-refractivity contribution in [3.8, 4) is 0 Å². The maximum Gasteiger partial charge on any atom is 0.294 e. The Morgan fingerprint density at radius 3 is 2.06 bits per heavy atom. The van der Waals surface area contributed by atoms with E-state index in [9.17, 15) is 14.4 Å². The summed E-state index contributed by atoms with van der Waals surface area (Å²) in [5.41, 5.74) is 4.91. The smallest absolute Gasteiger partial charge is 0.294 e. The highest BCUT2D eigenvalue weighted by molar-refractivity contribution is 6.25. The van der Waals surface area contributed by atoms with Crippen LogP contribution in [0.15, 0.2) is 59.2 Å². The van der Waals surface area contributed by atoms with Crippen molar-refractivity contribution < 1.29 is 18.8 Å². The number of amides is 3. The third-order valence-corrected chi connectivity index (χ3v) is 5.33. The van der Waals surface area contributed by atoms with Crippen LogP contribution in [0.5, 0.6) is 0 Å². The molecule has 0 saturated carbocycles. The zero-order valence-electron chi connectivity index (χ0n) is 18.0. The monoisotopic (exact) mass is 416 g/mol. The lowest BCUT2D eigenvalue weighted by molar-refractivity contribution is -0.121. The minimum atomic E-state index is -0.952. The predicted octanol–water partition coefficient (Wildman–Crippen LogP) is 4.49. The largest absolute Gasteiger partial charge is 0.459 e. The molecule has 3 amide bonds. The molecule has 4 rings (SSSR count). The SMILES string of the molecule is Cc1cc(C)cc(N2C(=O)C[C@H](N(C(=O)c3ccco3)c3cc(C)cc(C)c3)C2=O)c1. The van der Waals surface area contributed by atoms with Gasteiger partial charge in [0.25, 0.3) is 11.8 Å². The number of hydrogen-bond donors (Lipinski definition) is 0. The van der Waals surface area contributed by atoms with Crippen molar-refractivity contribution in [2.45, 2.75) is 40.2 Å². The molecule has 2 aromatic carbocycles. The molecule has 1 atom stereocenters. The molecule has 2 heterocycles. The maximum absolute atomic E-state index is 13.5. The van der Waals surface area contributed by atoms with E-state index in [1.165, 1.54) is 16.1 Å². The summed E-state index contributed by atoms with van der Waals surface area (Å²) < 4.78 is 5.32.